The number of nitrogens with zero attached hydrogens (tertiary/aromatic N) is 1. The van der Waals surface area contributed by atoms with Gasteiger partial charge in [-0.2, -0.15) is 0 Å². The molecule has 0 radical (unpaired) electrons. The van der Waals surface area contributed by atoms with Crippen molar-refractivity contribution in [2.45, 2.75) is 36.9 Å². The molecule has 19 heavy (non-hydrogen) atoms. The van der Waals surface area contributed by atoms with E-state index in [4.69, 9.17) is 4.42 Å². The number of carbonyl (C=O) groups is 1. The maximum Gasteiger partial charge on any atom is 0.257 e. The number of thioether (sulfide) groups is 1. The molecule has 0 saturated heterocycles. The fourth-order valence-corrected chi connectivity index (χ4v) is 3.03. The first-order valence-electron chi connectivity index (χ1n) is 6.59. The van der Waals surface area contributed by atoms with Gasteiger partial charge in [0.15, 0.2) is 5.58 Å². The highest BCUT2D eigenvalue weighted by Gasteiger charge is 2.17. The molecule has 5 heteroatoms. The van der Waals surface area contributed by atoms with Crippen LogP contribution in [0.4, 0.5) is 0 Å². The third kappa shape index (κ3) is 3.10. The summed E-state index contributed by atoms with van der Waals surface area (Å²) < 4.78 is 5.56. The molecule has 1 heterocycles. The van der Waals surface area contributed by atoms with Crippen molar-refractivity contribution in [3.05, 3.63) is 24.3 Å². The average Bonchev–Trinajstić information content (AvgIpc) is 3.04. The summed E-state index contributed by atoms with van der Waals surface area (Å²) >= 11 is 1.35. The second-order valence-electron chi connectivity index (χ2n) is 4.79. The van der Waals surface area contributed by atoms with Crippen molar-refractivity contribution in [2.75, 3.05) is 5.75 Å². The Labute approximate surface area is 116 Å². The number of carbonyl (C=O) groups excluding carboxylic acids is 1. The number of aromatic nitrogens is 1. The molecule has 0 atom stereocenters. The summed E-state index contributed by atoms with van der Waals surface area (Å²) in [4.78, 5) is 16.1. The Morgan fingerprint density at radius 3 is 2.95 bits per heavy atom. The molecule has 1 aromatic carbocycles. The Bertz CT molecular complexity index is 543. The van der Waals surface area contributed by atoms with E-state index in [1.807, 2.05) is 24.3 Å². The summed E-state index contributed by atoms with van der Waals surface area (Å²) in [5, 5.41) is 3.61. The van der Waals surface area contributed by atoms with E-state index in [-0.39, 0.29) is 5.91 Å². The van der Waals surface area contributed by atoms with Crippen LogP contribution in [-0.4, -0.2) is 22.7 Å². The van der Waals surface area contributed by atoms with Crippen LogP contribution >= 0.6 is 11.8 Å². The van der Waals surface area contributed by atoms with E-state index >= 15 is 0 Å². The van der Waals surface area contributed by atoms with E-state index in [9.17, 15) is 4.79 Å². The smallest absolute Gasteiger partial charge is 0.257 e. The van der Waals surface area contributed by atoms with Gasteiger partial charge in [0.25, 0.3) is 5.22 Å². The molecule has 1 amide bonds. The number of benzene rings is 1. The van der Waals surface area contributed by atoms with Crippen molar-refractivity contribution in [1.29, 1.82) is 0 Å². The molecule has 2 aromatic rings. The number of amides is 1. The summed E-state index contributed by atoms with van der Waals surface area (Å²) in [5.74, 6) is 0.433. The molecular weight excluding hydrogens is 260 g/mol. The molecule has 100 valence electrons. The van der Waals surface area contributed by atoms with Crippen LogP contribution in [0.25, 0.3) is 11.1 Å². The van der Waals surface area contributed by atoms with Crippen LogP contribution in [0.15, 0.2) is 33.9 Å². The molecule has 1 fully saturated rings. The summed E-state index contributed by atoms with van der Waals surface area (Å²) in [6.07, 6.45) is 4.67. The van der Waals surface area contributed by atoms with Gasteiger partial charge in [-0.25, -0.2) is 4.98 Å². The number of nitrogens with one attached hydrogen (secondary N) is 1. The molecular formula is C14H16N2O2S. The van der Waals surface area contributed by atoms with Crippen LogP contribution in [0.3, 0.4) is 0 Å². The van der Waals surface area contributed by atoms with E-state index in [2.05, 4.69) is 10.3 Å². The summed E-state index contributed by atoms with van der Waals surface area (Å²) in [7, 11) is 0. The van der Waals surface area contributed by atoms with Gasteiger partial charge in [0.1, 0.15) is 5.52 Å². The van der Waals surface area contributed by atoms with Crippen molar-refractivity contribution >= 4 is 28.8 Å². The number of oxazole rings is 1. The van der Waals surface area contributed by atoms with Crippen molar-refractivity contribution in [2.24, 2.45) is 0 Å². The van der Waals surface area contributed by atoms with Crippen LogP contribution in [-0.2, 0) is 4.79 Å². The average molecular weight is 276 g/mol. The number of hydrogen-bond acceptors (Lipinski definition) is 4. The van der Waals surface area contributed by atoms with E-state index in [1.165, 1.54) is 24.6 Å². The Kier molecular flexibility index (Phi) is 3.73. The maximum atomic E-state index is 11.8. The predicted octanol–water partition coefficient (Wildman–Crippen LogP) is 2.98. The molecule has 1 N–H and O–H groups in total. The van der Waals surface area contributed by atoms with E-state index in [1.54, 1.807) is 0 Å². The highest BCUT2D eigenvalue weighted by atomic mass is 32.2. The minimum absolute atomic E-state index is 0.0687. The van der Waals surface area contributed by atoms with Gasteiger partial charge in [0.05, 0.1) is 5.75 Å². The molecule has 0 unspecified atom stereocenters. The van der Waals surface area contributed by atoms with Crippen LogP contribution in [0.2, 0.25) is 0 Å². The van der Waals surface area contributed by atoms with Crippen LogP contribution < -0.4 is 5.32 Å². The Hall–Kier alpha value is -1.49. The lowest BCUT2D eigenvalue weighted by Crippen LogP contribution is -2.33. The molecule has 1 saturated carbocycles. The lowest BCUT2D eigenvalue weighted by atomic mass is 10.2. The molecule has 3 rings (SSSR count). The van der Waals surface area contributed by atoms with Gasteiger partial charge in [-0.3, -0.25) is 4.79 Å². The topological polar surface area (TPSA) is 55.1 Å². The Morgan fingerprint density at radius 1 is 1.37 bits per heavy atom. The summed E-state index contributed by atoms with van der Waals surface area (Å²) in [6, 6.07) is 7.99. The SMILES string of the molecule is O=C(CSc1nc2ccccc2o1)NC1CCCC1. The Balaban J connectivity index is 1.54. The zero-order valence-electron chi connectivity index (χ0n) is 10.6. The standard InChI is InChI=1S/C14H16N2O2S/c17-13(15-10-5-1-2-6-10)9-19-14-16-11-7-3-4-8-12(11)18-14/h3-4,7-8,10H,1-2,5-6,9H2,(H,15,17). The van der Waals surface area contributed by atoms with Crippen LogP contribution in [0.5, 0.6) is 0 Å². The van der Waals surface area contributed by atoms with Gasteiger partial charge in [-0.1, -0.05) is 36.7 Å². The number of fused-ring (bicyclic) bond motifs is 1. The first-order valence-corrected chi connectivity index (χ1v) is 7.57. The number of rotatable bonds is 4. The normalized spacial score (nSPS) is 16.0. The van der Waals surface area contributed by atoms with Gasteiger partial charge in [-0.15, -0.1) is 0 Å². The molecule has 0 aliphatic heterocycles. The molecule has 0 bridgehead atoms. The molecule has 1 aromatic heterocycles. The van der Waals surface area contributed by atoms with Crippen LogP contribution in [0.1, 0.15) is 25.7 Å². The van der Waals surface area contributed by atoms with Crippen molar-refractivity contribution in [1.82, 2.24) is 10.3 Å². The van der Waals surface area contributed by atoms with Gasteiger partial charge in [0, 0.05) is 6.04 Å². The molecule has 4 nitrogen and oxygen atoms in total. The van der Waals surface area contributed by atoms with Gasteiger partial charge < -0.3 is 9.73 Å². The highest BCUT2D eigenvalue weighted by Crippen LogP contribution is 2.23. The van der Waals surface area contributed by atoms with E-state index < -0.39 is 0 Å². The second kappa shape index (κ2) is 5.65. The second-order valence-corrected chi connectivity index (χ2v) is 5.71. The first-order chi connectivity index (χ1) is 9.31. The van der Waals surface area contributed by atoms with E-state index in [0.717, 1.165) is 23.9 Å². The van der Waals surface area contributed by atoms with Crippen molar-refractivity contribution in [3.63, 3.8) is 0 Å². The summed E-state index contributed by atoms with van der Waals surface area (Å²) in [6.45, 7) is 0. The lowest BCUT2D eigenvalue weighted by molar-refractivity contribution is -0.119. The predicted molar refractivity (Wildman–Crippen MR) is 75.1 cm³/mol. The van der Waals surface area contributed by atoms with Gasteiger partial charge in [-0.05, 0) is 25.0 Å². The van der Waals surface area contributed by atoms with E-state index in [0.29, 0.717) is 17.0 Å². The Morgan fingerprint density at radius 2 is 2.16 bits per heavy atom. The third-order valence-corrected chi connectivity index (χ3v) is 4.15. The summed E-state index contributed by atoms with van der Waals surface area (Å²) in [5.41, 5.74) is 1.60. The van der Waals surface area contributed by atoms with Gasteiger partial charge in [0.2, 0.25) is 5.91 Å². The highest BCUT2D eigenvalue weighted by molar-refractivity contribution is 7.99. The van der Waals surface area contributed by atoms with Gasteiger partial charge >= 0.3 is 0 Å². The maximum absolute atomic E-state index is 11.8. The first kappa shape index (κ1) is 12.5. The molecule has 1 aliphatic rings. The third-order valence-electron chi connectivity index (χ3n) is 3.32. The largest absolute Gasteiger partial charge is 0.431 e. The quantitative estimate of drug-likeness (QED) is 0.872. The zero-order chi connectivity index (χ0) is 13.1. The van der Waals surface area contributed by atoms with Crippen LogP contribution in [0, 0.1) is 0 Å². The minimum Gasteiger partial charge on any atom is -0.431 e. The monoisotopic (exact) mass is 276 g/mol. The number of hydrogen-bond donors (Lipinski definition) is 1. The fourth-order valence-electron chi connectivity index (χ4n) is 2.38. The lowest BCUT2D eigenvalue weighted by Gasteiger charge is -2.10. The van der Waals surface area contributed by atoms with Crippen molar-refractivity contribution < 1.29 is 9.21 Å². The van der Waals surface area contributed by atoms with Crippen molar-refractivity contribution in [3.8, 4) is 0 Å². The zero-order valence-corrected chi connectivity index (χ0v) is 11.4. The molecule has 1 aliphatic carbocycles. The fraction of sp³-hybridized carbons (Fsp3) is 0.429. The molecule has 0 spiro atoms. The minimum atomic E-state index is 0.0687. The number of para-hydroxylation sites is 2.